The predicted octanol–water partition coefficient (Wildman–Crippen LogP) is 3.36. The van der Waals surface area contributed by atoms with Gasteiger partial charge in [0.2, 0.25) is 0 Å². The lowest BCUT2D eigenvalue weighted by molar-refractivity contribution is -0.140. The molecule has 3 aromatic rings. The monoisotopic (exact) mass is 425 g/mol. The van der Waals surface area contributed by atoms with Gasteiger partial charge in [0.1, 0.15) is 11.3 Å². The number of carbonyl (C=O) groups excluding carboxylic acids is 2. The van der Waals surface area contributed by atoms with Crippen molar-refractivity contribution in [1.82, 2.24) is 14.3 Å². The molecule has 1 aromatic carbocycles. The van der Waals surface area contributed by atoms with E-state index in [0.717, 1.165) is 0 Å². The van der Waals surface area contributed by atoms with Crippen LogP contribution in [-0.4, -0.2) is 51.3 Å². The number of likely N-dealkylation sites (tertiary alicyclic amines) is 1. The van der Waals surface area contributed by atoms with E-state index in [1.165, 1.54) is 12.0 Å². The van der Waals surface area contributed by atoms with Crippen LogP contribution >= 0.6 is 11.6 Å². The van der Waals surface area contributed by atoms with Crippen LogP contribution in [0.25, 0.3) is 11.4 Å². The maximum atomic E-state index is 13.0. The van der Waals surface area contributed by atoms with Gasteiger partial charge in [0.05, 0.1) is 23.9 Å². The average molecular weight is 426 g/mol. The Labute approximate surface area is 178 Å². The number of imidazole rings is 1. The van der Waals surface area contributed by atoms with E-state index in [0.29, 0.717) is 27.6 Å². The van der Waals surface area contributed by atoms with Crippen molar-refractivity contribution in [2.45, 2.75) is 13.0 Å². The molecule has 1 saturated heterocycles. The molecule has 0 spiro atoms. The van der Waals surface area contributed by atoms with Gasteiger partial charge in [0, 0.05) is 24.9 Å². The van der Waals surface area contributed by atoms with Crippen molar-refractivity contribution in [3.05, 3.63) is 76.2 Å². The summed E-state index contributed by atoms with van der Waals surface area (Å²) in [6.45, 7) is 2.19. The molecule has 1 atom stereocenters. The van der Waals surface area contributed by atoms with Gasteiger partial charge in [-0.25, -0.2) is 4.98 Å². The van der Waals surface area contributed by atoms with E-state index >= 15 is 0 Å². The molecule has 154 valence electrons. The van der Waals surface area contributed by atoms with Crippen molar-refractivity contribution in [2.75, 3.05) is 20.3 Å². The fourth-order valence-corrected chi connectivity index (χ4v) is 4.05. The number of nitrogens with zero attached hydrogens (tertiary/aromatic N) is 3. The number of benzene rings is 1. The van der Waals surface area contributed by atoms with Crippen molar-refractivity contribution in [2.24, 2.45) is 0 Å². The van der Waals surface area contributed by atoms with Gasteiger partial charge in [-0.1, -0.05) is 29.8 Å². The third kappa shape index (κ3) is 3.26. The van der Waals surface area contributed by atoms with Crippen LogP contribution in [0.5, 0.6) is 0 Å². The Morgan fingerprint density at radius 1 is 1.23 bits per heavy atom. The number of aliphatic hydroxyl groups is 1. The number of carbonyl (C=O) groups is 2. The predicted molar refractivity (Wildman–Crippen MR) is 112 cm³/mol. The number of pyridine rings is 1. The highest BCUT2D eigenvalue weighted by Crippen LogP contribution is 2.40. The van der Waals surface area contributed by atoms with Crippen molar-refractivity contribution in [3.63, 3.8) is 0 Å². The molecular weight excluding hydrogens is 406 g/mol. The zero-order valence-corrected chi connectivity index (χ0v) is 17.3. The molecule has 3 heterocycles. The number of methoxy groups -OCH3 is 1. The van der Waals surface area contributed by atoms with E-state index in [2.05, 4.69) is 4.98 Å². The average Bonchev–Trinajstić information content (AvgIpc) is 3.19. The molecule has 0 radical (unpaired) electrons. The Morgan fingerprint density at radius 2 is 2.03 bits per heavy atom. The van der Waals surface area contributed by atoms with Gasteiger partial charge in [-0.3, -0.25) is 14.0 Å². The molecule has 7 nitrogen and oxygen atoms in total. The van der Waals surface area contributed by atoms with E-state index in [1.54, 1.807) is 53.9 Å². The number of aryl methyl sites for hydroxylation is 1. The Morgan fingerprint density at radius 3 is 2.77 bits per heavy atom. The van der Waals surface area contributed by atoms with E-state index in [4.69, 9.17) is 16.3 Å². The second-order valence-electron chi connectivity index (χ2n) is 7.01. The molecule has 0 saturated carbocycles. The van der Waals surface area contributed by atoms with E-state index in [1.807, 2.05) is 6.07 Å². The lowest BCUT2D eigenvalue weighted by Gasteiger charge is -2.25. The van der Waals surface area contributed by atoms with Crippen molar-refractivity contribution >= 4 is 34.7 Å². The van der Waals surface area contributed by atoms with Crippen molar-refractivity contribution in [3.8, 4) is 0 Å². The Bertz CT molecular complexity index is 1180. The largest absolute Gasteiger partial charge is 0.505 e. The topological polar surface area (TPSA) is 84.1 Å². The summed E-state index contributed by atoms with van der Waals surface area (Å²) in [6.07, 6.45) is 1.75. The van der Waals surface area contributed by atoms with Gasteiger partial charge in [-0.2, -0.15) is 0 Å². The lowest BCUT2D eigenvalue weighted by Crippen LogP contribution is -2.32. The van der Waals surface area contributed by atoms with Gasteiger partial charge in [0.15, 0.2) is 5.76 Å². The summed E-state index contributed by atoms with van der Waals surface area (Å²) in [5, 5.41) is 11.7. The number of ether oxygens (including phenoxy) is 1. The Kier molecular flexibility index (Phi) is 5.32. The molecule has 1 amide bonds. The number of amides is 1. The summed E-state index contributed by atoms with van der Waals surface area (Å²) in [5.41, 5.74) is 2.19. The minimum absolute atomic E-state index is 0.00660. The number of hydrogen-bond acceptors (Lipinski definition) is 5. The third-order valence-corrected chi connectivity index (χ3v) is 5.40. The van der Waals surface area contributed by atoms with Crippen molar-refractivity contribution in [1.29, 1.82) is 0 Å². The second-order valence-corrected chi connectivity index (χ2v) is 7.45. The normalized spacial score (nSPS) is 18.5. The molecule has 0 aliphatic carbocycles. The smallest absolute Gasteiger partial charge is 0.295 e. The van der Waals surface area contributed by atoms with Gasteiger partial charge >= 0.3 is 0 Å². The summed E-state index contributed by atoms with van der Waals surface area (Å²) in [5.74, 6) is -1.71. The summed E-state index contributed by atoms with van der Waals surface area (Å²) >= 11 is 6.17. The second kappa shape index (κ2) is 7.93. The van der Waals surface area contributed by atoms with Gasteiger partial charge in [-0.15, -0.1) is 0 Å². The molecule has 2 aromatic heterocycles. The summed E-state index contributed by atoms with van der Waals surface area (Å²) in [7, 11) is 1.52. The van der Waals surface area contributed by atoms with E-state index in [9.17, 15) is 14.7 Å². The van der Waals surface area contributed by atoms with E-state index < -0.39 is 17.7 Å². The first-order chi connectivity index (χ1) is 14.4. The van der Waals surface area contributed by atoms with Crippen LogP contribution < -0.4 is 0 Å². The molecule has 1 fully saturated rings. The van der Waals surface area contributed by atoms with Gasteiger partial charge in [-0.05, 0) is 36.8 Å². The summed E-state index contributed by atoms with van der Waals surface area (Å²) in [6, 6.07) is 11.6. The minimum atomic E-state index is -0.785. The van der Waals surface area contributed by atoms with E-state index in [-0.39, 0.29) is 24.5 Å². The van der Waals surface area contributed by atoms with Gasteiger partial charge in [0.25, 0.3) is 11.7 Å². The standard InChI is InChI=1S/C22H20ClN3O4/c1-13-18(25-9-4-3-8-16(25)24-13)20(27)17-19(14-6-5-7-15(23)12-14)26(10-11-30-2)22(29)21(17)28/h3-9,12,19,27H,10-11H2,1-2H3. The van der Waals surface area contributed by atoms with Crippen LogP contribution in [0.1, 0.15) is 23.0 Å². The van der Waals surface area contributed by atoms with Crippen LogP contribution in [0.3, 0.4) is 0 Å². The lowest BCUT2D eigenvalue weighted by atomic mass is 9.96. The number of aromatic nitrogens is 2. The first-order valence-electron chi connectivity index (χ1n) is 9.41. The number of hydrogen-bond donors (Lipinski definition) is 1. The molecule has 0 bridgehead atoms. The molecule has 1 aliphatic rings. The number of halogens is 1. The summed E-state index contributed by atoms with van der Waals surface area (Å²) < 4.78 is 6.81. The molecule has 30 heavy (non-hydrogen) atoms. The highest BCUT2D eigenvalue weighted by atomic mass is 35.5. The van der Waals surface area contributed by atoms with Crippen LogP contribution in [0.15, 0.2) is 54.2 Å². The number of rotatable bonds is 5. The maximum Gasteiger partial charge on any atom is 0.295 e. The number of Topliss-reactive ketones (excluding diaryl/α,β-unsaturated/α-hetero) is 1. The SMILES string of the molecule is COCCN1C(=O)C(=O)C(=C(O)c2c(C)nc3ccccn23)C1c1cccc(Cl)c1. The quantitative estimate of drug-likeness (QED) is 0.385. The van der Waals surface area contributed by atoms with Crippen molar-refractivity contribution < 1.29 is 19.4 Å². The number of ketones is 1. The van der Waals surface area contributed by atoms with Gasteiger partial charge < -0.3 is 14.7 Å². The number of fused-ring (bicyclic) bond motifs is 1. The Hall–Kier alpha value is -3.16. The first-order valence-corrected chi connectivity index (χ1v) is 9.78. The molecule has 4 rings (SSSR count). The fourth-order valence-electron chi connectivity index (χ4n) is 3.85. The first kappa shape index (κ1) is 20.1. The fraction of sp³-hybridized carbons (Fsp3) is 0.227. The molecule has 8 heteroatoms. The maximum absolute atomic E-state index is 13.0. The number of aliphatic hydroxyl groups excluding tert-OH is 1. The van der Waals surface area contributed by atoms with Crippen LogP contribution in [0.4, 0.5) is 0 Å². The van der Waals surface area contributed by atoms with Crippen LogP contribution in [0, 0.1) is 6.92 Å². The summed E-state index contributed by atoms with van der Waals surface area (Å²) in [4.78, 5) is 31.7. The molecule has 1 N–H and O–H groups in total. The van der Waals surface area contributed by atoms with Crippen LogP contribution in [0.2, 0.25) is 5.02 Å². The highest BCUT2D eigenvalue weighted by molar-refractivity contribution is 6.46. The third-order valence-electron chi connectivity index (χ3n) is 5.17. The Balaban J connectivity index is 1.95. The zero-order valence-electron chi connectivity index (χ0n) is 16.5. The minimum Gasteiger partial charge on any atom is -0.505 e. The highest BCUT2D eigenvalue weighted by Gasteiger charge is 2.46. The molecule has 1 aliphatic heterocycles. The zero-order chi connectivity index (χ0) is 21.4. The molecular formula is C22H20ClN3O4. The van der Waals surface area contributed by atoms with Crippen LogP contribution in [-0.2, 0) is 14.3 Å². The molecule has 1 unspecified atom stereocenters.